The van der Waals surface area contributed by atoms with E-state index < -0.39 is 9.85 Å². The standard InChI is InChI=1S/C19H10BrN3O4/c20-13-3-6-15-16-7-12(11-1-4-14(5-2-11)22(24)25)8-19(23(26)27)17(16)10-21-18(15)9-13/h1-10H. The third-order valence-corrected chi connectivity index (χ3v) is 4.84. The van der Waals surface area contributed by atoms with Crippen LogP contribution in [0.15, 0.2) is 65.3 Å². The van der Waals surface area contributed by atoms with Crippen LogP contribution in [0.4, 0.5) is 11.4 Å². The lowest BCUT2D eigenvalue weighted by Gasteiger charge is -2.08. The number of pyridine rings is 1. The highest BCUT2D eigenvalue weighted by molar-refractivity contribution is 9.10. The van der Waals surface area contributed by atoms with E-state index in [1.807, 2.05) is 24.3 Å². The van der Waals surface area contributed by atoms with E-state index in [-0.39, 0.29) is 11.4 Å². The summed E-state index contributed by atoms with van der Waals surface area (Å²) in [6.45, 7) is 0. The molecular weight excluding hydrogens is 414 g/mol. The van der Waals surface area contributed by atoms with Crippen molar-refractivity contribution in [2.45, 2.75) is 0 Å². The molecule has 1 heterocycles. The zero-order valence-electron chi connectivity index (χ0n) is 13.6. The van der Waals surface area contributed by atoms with Crippen molar-refractivity contribution < 1.29 is 9.85 Å². The van der Waals surface area contributed by atoms with Gasteiger partial charge in [0, 0.05) is 39.6 Å². The van der Waals surface area contributed by atoms with E-state index in [2.05, 4.69) is 20.9 Å². The summed E-state index contributed by atoms with van der Waals surface area (Å²) in [5, 5.41) is 24.4. The zero-order valence-corrected chi connectivity index (χ0v) is 15.2. The summed E-state index contributed by atoms with van der Waals surface area (Å²) in [5.74, 6) is 0. The first-order chi connectivity index (χ1) is 12.9. The predicted octanol–water partition coefficient (Wildman–Crippen LogP) is 5.63. The number of aromatic nitrogens is 1. The molecule has 0 spiro atoms. The van der Waals surface area contributed by atoms with E-state index in [0.29, 0.717) is 27.4 Å². The van der Waals surface area contributed by atoms with Gasteiger partial charge in [-0.2, -0.15) is 0 Å². The van der Waals surface area contributed by atoms with Crippen LogP contribution in [0.25, 0.3) is 32.8 Å². The van der Waals surface area contributed by atoms with E-state index in [9.17, 15) is 20.2 Å². The highest BCUT2D eigenvalue weighted by Crippen LogP contribution is 2.36. The highest BCUT2D eigenvalue weighted by atomic mass is 79.9. The number of nitrogens with zero attached hydrogens (tertiary/aromatic N) is 3. The Hall–Kier alpha value is -3.39. The number of benzene rings is 3. The normalized spacial score (nSPS) is 11.0. The molecule has 1 aromatic heterocycles. The van der Waals surface area contributed by atoms with Gasteiger partial charge in [-0.1, -0.05) is 22.0 Å². The Morgan fingerprint density at radius 3 is 2.19 bits per heavy atom. The Labute approximate surface area is 160 Å². The molecule has 0 aliphatic carbocycles. The second-order valence-corrected chi connectivity index (χ2v) is 6.85. The fraction of sp³-hybridized carbons (Fsp3) is 0. The van der Waals surface area contributed by atoms with Gasteiger partial charge in [0.1, 0.15) is 0 Å². The number of nitro benzene ring substituents is 2. The average molecular weight is 424 g/mol. The third-order valence-electron chi connectivity index (χ3n) is 4.35. The van der Waals surface area contributed by atoms with Gasteiger partial charge >= 0.3 is 0 Å². The molecule has 27 heavy (non-hydrogen) atoms. The topological polar surface area (TPSA) is 99.2 Å². The Balaban J connectivity index is 2.02. The van der Waals surface area contributed by atoms with Gasteiger partial charge < -0.3 is 0 Å². The van der Waals surface area contributed by atoms with Crippen LogP contribution >= 0.6 is 15.9 Å². The van der Waals surface area contributed by atoms with Crippen LogP contribution < -0.4 is 0 Å². The predicted molar refractivity (Wildman–Crippen MR) is 106 cm³/mol. The maximum atomic E-state index is 11.6. The summed E-state index contributed by atoms with van der Waals surface area (Å²) in [4.78, 5) is 25.9. The number of hydrogen-bond acceptors (Lipinski definition) is 5. The lowest BCUT2D eigenvalue weighted by molar-refractivity contribution is -0.384. The lowest BCUT2D eigenvalue weighted by atomic mass is 9.98. The van der Waals surface area contributed by atoms with Crippen LogP contribution in [0, 0.1) is 20.2 Å². The van der Waals surface area contributed by atoms with E-state index in [4.69, 9.17) is 0 Å². The monoisotopic (exact) mass is 423 g/mol. The van der Waals surface area contributed by atoms with E-state index in [1.54, 1.807) is 12.1 Å². The van der Waals surface area contributed by atoms with Gasteiger partial charge in [-0.25, -0.2) is 0 Å². The summed E-state index contributed by atoms with van der Waals surface area (Å²) in [7, 11) is 0. The highest BCUT2D eigenvalue weighted by Gasteiger charge is 2.17. The molecule has 0 aliphatic heterocycles. The number of hydrogen-bond donors (Lipinski definition) is 0. The quantitative estimate of drug-likeness (QED) is 0.241. The molecule has 0 atom stereocenters. The van der Waals surface area contributed by atoms with Crippen LogP contribution in [0.3, 0.4) is 0 Å². The van der Waals surface area contributed by atoms with Gasteiger partial charge in [-0.3, -0.25) is 25.2 Å². The van der Waals surface area contributed by atoms with Crippen molar-refractivity contribution in [3.05, 3.63) is 85.5 Å². The zero-order chi connectivity index (χ0) is 19.1. The van der Waals surface area contributed by atoms with Gasteiger partial charge in [-0.05, 0) is 41.5 Å². The maximum Gasteiger partial charge on any atom is 0.279 e. The molecule has 0 fully saturated rings. The molecule has 0 radical (unpaired) electrons. The Kier molecular flexibility index (Phi) is 4.04. The minimum Gasteiger partial charge on any atom is -0.258 e. The van der Waals surface area contributed by atoms with Crippen LogP contribution in [-0.4, -0.2) is 14.8 Å². The molecule has 132 valence electrons. The summed E-state index contributed by atoms with van der Waals surface area (Å²) in [6.07, 6.45) is 1.50. The molecule has 0 N–H and O–H groups in total. The Morgan fingerprint density at radius 2 is 1.52 bits per heavy atom. The molecule has 3 aromatic carbocycles. The van der Waals surface area contributed by atoms with Crippen molar-refractivity contribution in [3.63, 3.8) is 0 Å². The Bertz CT molecular complexity index is 1240. The van der Waals surface area contributed by atoms with Crippen molar-refractivity contribution in [2.75, 3.05) is 0 Å². The molecule has 4 aromatic rings. The van der Waals surface area contributed by atoms with Gasteiger partial charge in [0.05, 0.1) is 20.7 Å². The largest absolute Gasteiger partial charge is 0.279 e. The minimum atomic E-state index is -0.482. The summed E-state index contributed by atoms with van der Waals surface area (Å²) in [6, 6.07) is 14.8. The van der Waals surface area contributed by atoms with Crippen molar-refractivity contribution in [3.8, 4) is 11.1 Å². The third kappa shape index (κ3) is 3.00. The smallest absolute Gasteiger partial charge is 0.258 e. The molecule has 0 amide bonds. The first kappa shape index (κ1) is 17.0. The van der Waals surface area contributed by atoms with Crippen LogP contribution in [0.1, 0.15) is 0 Å². The molecule has 8 heteroatoms. The Morgan fingerprint density at radius 1 is 0.778 bits per heavy atom. The summed E-state index contributed by atoms with van der Waals surface area (Å²) in [5.41, 5.74) is 1.89. The number of rotatable bonds is 3. The number of nitro groups is 2. The second kappa shape index (κ2) is 6.40. The molecular formula is C19H10BrN3O4. The molecule has 0 bridgehead atoms. The van der Waals surface area contributed by atoms with Crippen LogP contribution in [0.2, 0.25) is 0 Å². The molecule has 4 rings (SSSR count). The lowest BCUT2D eigenvalue weighted by Crippen LogP contribution is -1.93. The average Bonchev–Trinajstić information content (AvgIpc) is 2.66. The van der Waals surface area contributed by atoms with Gasteiger partial charge in [-0.15, -0.1) is 0 Å². The fourth-order valence-corrected chi connectivity index (χ4v) is 3.41. The number of halogens is 1. The van der Waals surface area contributed by atoms with E-state index >= 15 is 0 Å². The molecule has 0 unspecified atom stereocenters. The summed E-state index contributed by atoms with van der Waals surface area (Å²) < 4.78 is 0.864. The molecule has 0 saturated heterocycles. The molecule has 0 aliphatic rings. The number of non-ortho nitro benzene ring substituents is 2. The first-order valence-corrected chi connectivity index (χ1v) is 8.64. The van der Waals surface area contributed by atoms with Crippen molar-refractivity contribution in [1.82, 2.24) is 4.98 Å². The summed E-state index contributed by atoms with van der Waals surface area (Å²) >= 11 is 3.40. The van der Waals surface area contributed by atoms with Crippen molar-refractivity contribution >= 4 is 49.0 Å². The fourth-order valence-electron chi connectivity index (χ4n) is 3.06. The van der Waals surface area contributed by atoms with Gasteiger partial charge in [0.15, 0.2) is 0 Å². The second-order valence-electron chi connectivity index (χ2n) is 5.94. The molecule has 7 nitrogen and oxygen atoms in total. The van der Waals surface area contributed by atoms with E-state index in [1.165, 1.54) is 24.4 Å². The SMILES string of the molecule is O=[N+]([O-])c1ccc(-c2cc([N+](=O)[O-])c3cnc4cc(Br)ccc4c3c2)cc1. The van der Waals surface area contributed by atoms with Crippen LogP contribution in [0.5, 0.6) is 0 Å². The van der Waals surface area contributed by atoms with Crippen molar-refractivity contribution in [1.29, 1.82) is 0 Å². The van der Waals surface area contributed by atoms with Crippen molar-refractivity contribution in [2.24, 2.45) is 0 Å². The van der Waals surface area contributed by atoms with Crippen LogP contribution in [-0.2, 0) is 0 Å². The van der Waals surface area contributed by atoms with E-state index in [0.717, 1.165) is 9.86 Å². The maximum absolute atomic E-state index is 11.6. The van der Waals surface area contributed by atoms with Gasteiger partial charge in [0.2, 0.25) is 0 Å². The van der Waals surface area contributed by atoms with Gasteiger partial charge in [0.25, 0.3) is 11.4 Å². The molecule has 0 saturated carbocycles. The minimum absolute atomic E-state index is 0.0338. The number of fused-ring (bicyclic) bond motifs is 3. The first-order valence-electron chi connectivity index (χ1n) is 7.85.